The third-order valence-electron chi connectivity index (χ3n) is 4.82. The molecule has 1 aliphatic rings. The van der Waals surface area contributed by atoms with Crippen LogP contribution in [0.2, 0.25) is 0 Å². The first-order valence-corrected chi connectivity index (χ1v) is 8.65. The summed E-state index contributed by atoms with van der Waals surface area (Å²) in [6, 6.07) is 0.694. The first kappa shape index (κ1) is 17.9. The zero-order valence-electron chi connectivity index (χ0n) is 14.3. The average Bonchev–Trinajstić information content (AvgIpc) is 2.41. The fourth-order valence-corrected chi connectivity index (χ4v) is 3.73. The molecule has 0 aromatic carbocycles. The van der Waals surface area contributed by atoms with Gasteiger partial charge in [0.25, 0.3) is 0 Å². The van der Waals surface area contributed by atoms with E-state index in [2.05, 4.69) is 44.8 Å². The molecule has 1 N–H and O–H groups in total. The monoisotopic (exact) mass is 284 g/mol. The molecule has 20 heavy (non-hydrogen) atoms. The van der Waals surface area contributed by atoms with Crippen molar-refractivity contribution >= 4 is 0 Å². The summed E-state index contributed by atoms with van der Waals surface area (Å²) in [5.41, 5.74) is 0. The molecule has 0 amide bonds. The van der Waals surface area contributed by atoms with Gasteiger partial charge in [-0.1, -0.05) is 27.7 Å². The van der Waals surface area contributed by atoms with Crippen LogP contribution in [0.1, 0.15) is 47.5 Å². The highest BCUT2D eigenvalue weighted by Gasteiger charge is 2.34. The Morgan fingerprint density at radius 1 is 1.15 bits per heavy atom. The van der Waals surface area contributed by atoms with E-state index in [1.165, 1.54) is 19.4 Å². The lowest BCUT2D eigenvalue weighted by molar-refractivity contribution is 0.0752. The fraction of sp³-hybridized carbons (Fsp3) is 1.00. The summed E-state index contributed by atoms with van der Waals surface area (Å²) in [6.07, 6.45) is 2.72. The Balaban J connectivity index is 2.54. The lowest BCUT2D eigenvalue weighted by Crippen LogP contribution is -2.49. The number of nitrogens with zero attached hydrogens (tertiary/aromatic N) is 1. The Morgan fingerprint density at radius 3 is 2.50 bits per heavy atom. The molecule has 3 nitrogen and oxygen atoms in total. The van der Waals surface area contributed by atoms with Gasteiger partial charge in [0.15, 0.2) is 0 Å². The summed E-state index contributed by atoms with van der Waals surface area (Å²) in [6.45, 7) is 17.6. The second kappa shape index (κ2) is 9.75. The largest absolute Gasteiger partial charge is 0.380 e. The van der Waals surface area contributed by atoms with E-state index in [4.69, 9.17) is 4.74 Å². The topological polar surface area (TPSA) is 24.5 Å². The molecule has 0 saturated heterocycles. The fourth-order valence-electron chi connectivity index (χ4n) is 3.73. The summed E-state index contributed by atoms with van der Waals surface area (Å²) in [7, 11) is 0. The van der Waals surface area contributed by atoms with Gasteiger partial charge in [0.05, 0.1) is 6.61 Å². The maximum Gasteiger partial charge on any atom is 0.0593 e. The molecule has 0 spiro atoms. The van der Waals surface area contributed by atoms with Gasteiger partial charge in [-0.2, -0.15) is 0 Å². The molecule has 1 rings (SSSR count). The van der Waals surface area contributed by atoms with Crippen LogP contribution in [-0.2, 0) is 4.74 Å². The van der Waals surface area contributed by atoms with E-state index >= 15 is 0 Å². The van der Waals surface area contributed by atoms with E-state index in [0.29, 0.717) is 6.04 Å². The Bertz CT molecular complexity index is 247. The van der Waals surface area contributed by atoms with Crippen LogP contribution >= 0.6 is 0 Å². The first-order valence-electron chi connectivity index (χ1n) is 8.65. The van der Waals surface area contributed by atoms with Crippen molar-refractivity contribution < 1.29 is 4.74 Å². The normalized spacial score (nSPS) is 30.9. The molecule has 3 heteroatoms. The molecule has 0 aromatic heterocycles. The minimum Gasteiger partial charge on any atom is -0.380 e. The van der Waals surface area contributed by atoms with Crippen molar-refractivity contribution in [3.8, 4) is 0 Å². The maximum absolute atomic E-state index is 5.52. The lowest BCUT2D eigenvalue weighted by atomic mass is 9.72. The van der Waals surface area contributed by atoms with Gasteiger partial charge in [0.1, 0.15) is 0 Å². The summed E-state index contributed by atoms with van der Waals surface area (Å²) in [4.78, 5) is 2.57. The average molecular weight is 284 g/mol. The summed E-state index contributed by atoms with van der Waals surface area (Å²) >= 11 is 0. The van der Waals surface area contributed by atoms with Crippen molar-refractivity contribution in [3.05, 3.63) is 0 Å². The number of hydrogen-bond acceptors (Lipinski definition) is 3. The van der Waals surface area contributed by atoms with E-state index < -0.39 is 0 Å². The van der Waals surface area contributed by atoms with Gasteiger partial charge >= 0.3 is 0 Å². The zero-order valence-corrected chi connectivity index (χ0v) is 14.3. The van der Waals surface area contributed by atoms with Gasteiger partial charge in [-0.25, -0.2) is 0 Å². The second-order valence-electron chi connectivity index (χ2n) is 6.47. The van der Waals surface area contributed by atoms with Crippen LogP contribution < -0.4 is 5.32 Å². The Labute approximate surface area is 126 Å². The Morgan fingerprint density at radius 2 is 1.90 bits per heavy atom. The minimum absolute atomic E-state index is 0.694. The molecule has 0 aromatic rings. The van der Waals surface area contributed by atoms with Crippen molar-refractivity contribution in [2.24, 2.45) is 17.8 Å². The van der Waals surface area contributed by atoms with Crippen LogP contribution in [0.15, 0.2) is 0 Å². The molecule has 1 aliphatic carbocycles. The second-order valence-corrected chi connectivity index (χ2v) is 6.47. The van der Waals surface area contributed by atoms with E-state index in [-0.39, 0.29) is 0 Å². The number of likely N-dealkylation sites (N-methyl/N-ethyl adjacent to an activating group) is 1. The molecule has 1 saturated carbocycles. The van der Waals surface area contributed by atoms with Gasteiger partial charge < -0.3 is 15.0 Å². The molecule has 1 fully saturated rings. The van der Waals surface area contributed by atoms with Crippen molar-refractivity contribution in [1.82, 2.24) is 10.2 Å². The highest BCUT2D eigenvalue weighted by atomic mass is 16.5. The molecular weight excluding hydrogens is 248 g/mol. The number of nitrogens with one attached hydrogen (secondary N) is 1. The number of ether oxygens (including phenoxy) is 1. The van der Waals surface area contributed by atoms with Gasteiger partial charge in [-0.05, 0) is 50.6 Å². The first-order chi connectivity index (χ1) is 9.62. The third kappa shape index (κ3) is 5.71. The van der Waals surface area contributed by atoms with Crippen LogP contribution in [0.4, 0.5) is 0 Å². The van der Waals surface area contributed by atoms with Crippen molar-refractivity contribution in [2.75, 3.05) is 39.4 Å². The van der Waals surface area contributed by atoms with Crippen LogP contribution in [0.5, 0.6) is 0 Å². The van der Waals surface area contributed by atoms with Crippen molar-refractivity contribution in [2.45, 2.75) is 53.5 Å². The predicted molar refractivity (Wildman–Crippen MR) is 87.1 cm³/mol. The van der Waals surface area contributed by atoms with Crippen molar-refractivity contribution in [1.29, 1.82) is 0 Å². The summed E-state index contributed by atoms with van der Waals surface area (Å²) < 4.78 is 5.52. The van der Waals surface area contributed by atoms with Gasteiger partial charge in [-0.3, -0.25) is 0 Å². The number of hydrogen-bond donors (Lipinski definition) is 1. The van der Waals surface area contributed by atoms with Crippen LogP contribution in [0, 0.1) is 17.8 Å². The molecule has 0 radical (unpaired) electrons. The van der Waals surface area contributed by atoms with Crippen LogP contribution in [0.3, 0.4) is 0 Å². The lowest BCUT2D eigenvalue weighted by Gasteiger charge is -2.42. The number of rotatable bonds is 9. The molecule has 0 bridgehead atoms. The smallest absolute Gasteiger partial charge is 0.0593 e. The molecule has 0 aliphatic heterocycles. The molecule has 0 heterocycles. The standard InChI is InChI=1S/C17H36N2O/c1-6-18-17-12-14(4)11-15(5)16(17)13-19(7-2)9-10-20-8-3/h14-18H,6-13H2,1-5H3. The van der Waals surface area contributed by atoms with Gasteiger partial charge in [0, 0.05) is 25.7 Å². The van der Waals surface area contributed by atoms with E-state index in [0.717, 1.165) is 50.6 Å². The van der Waals surface area contributed by atoms with E-state index in [9.17, 15) is 0 Å². The highest BCUT2D eigenvalue weighted by molar-refractivity contribution is 4.89. The highest BCUT2D eigenvalue weighted by Crippen LogP contribution is 2.34. The maximum atomic E-state index is 5.52. The Hall–Kier alpha value is -0.120. The van der Waals surface area contributed by atoms with E-state index in [1.54, 1.807) is 0 Å². The summed E-state index contributed by atoms with van der Waals surface area (Å²) in [5.74, 6) is 2.47. The van der Waals surface area contributed by atoms with Gasteiger partial charge in [-0.15, -0.1) is 0 Å². The minimum atomic E-state index is 0.694. The van der Waals surface area contributed by atoms with Crippen LogP contribution in [0.25, 0.3) is 0 Å². The van der Waals surface area contributed by atoms with Gasteiger partial charge in [0.2, 0.25) is 0 Å². The van der Waals surface area contributed by atoms with E-state index in [1.807, 2.05) is 0 Å². The summed E-state index contributed by atoms with van der Waals surface area (Å²) in [5, 5.41) is 3.73. The molecule has 120 valence electrons. The zero-order chi connectivity index (χ0) is 15.0. The predicted octanol–water partition coefficient (Wildman–Crippen LogP) is 3.01. The molecular formula is C17H36N2O. The van der Waals surface area contributed by atoms with Crippen molar-refractivity contribution in [3.63, 3.8) is 0 Å². The Kier molecular flexibility index (Phi) is 8.74. The SMILES string of the molecule is CCNC1CC(C)CC(C)C1CN(CC)CCOCC. The van der Waals surface area contributed by atoms with Crippen LogP contribution in [-0.4, -0.2) is 50.3 Å². The quantitative estimate of drug-likeness (QED) is 0.659. The molecule has 4 atom stereocenters. The third-order valence-corrected chi connectivity index (χ3v) is 4.82. The molecule has 4 unspecified atom stereocenters.